The van der Waals surface area contributed by atoms with Gasteiger partial charge in [-0.3, -0.25) is 9.59 Å². The summed E-state index contributed by atoms with van der Waals surface area (Å²) in [5, 5.41) is 0. The average molecular weight is 415 g/mol. The highest BCUT2D eigenvalue weighted by Crippen LogP contribution is 2.61. The molecule has 2 nitrogen and oxygen atoms in total. The van der Waals surface area contributed by atoms with Gasteiger partial charge in [-0.05, 0) is 91.3 Å². The second kappa shape index (κ2) is 7.45. The fourth-order valence-electron chi connectivity index (χ4n) is 8.84. The Kier molecular flexibility index (Phi) is 5.59. The Bertz CT molecular complexity index is 703. The summed E-state index contributed by atoms with van der Waals surface area (Å²) >= 11 is 0. The molecule has 0 spiro atoms. The van der Waals surface area contributed by atoms with Gasteiger partial charge in [0.1, 0.15) is 11.6 Å². The highest BCUT2D eigenvalue weighted by Gasteiger charge is 2.55. The van der Waals surface area contributed by atoms with E-state index in [2.05, 4.69) is 41.5 Å². The van der Waals surface area contributed by atoms with E-state index < -0.39 is 0 Å². The Morgan fingerprint density at radius 3 is 2.27 bits per heavy atom. The molecule has 0 amide bonds. The number of hydrogen-bond donors (Lipinski definition) is 0. The second-order valence-electron chi connectivity index (χ2n) is 13.7. The fourth-order valence-corrected chi connectivity index (χ4v) is 8.84. The maximum atomic E-state index is 13.2. The Morgan fingerprint density at radius 2 is 1.53 bits per heavy atom. The first-order valence-corrected chi connectivity index (χ1v) is 12.9. The van der Waals surface area contributed by atoms with E-state index in [0.29, 0.717) is 39.6 Å². The maximum Gasteiger partial charge on any atom is 0.136 e. The molecule has 0 bridgehead atoms. The van der Waals surface area contributed by atoms with Gasteiger partial charge in [-0.2, -0.15) is 0 Å². The number of fused-ring (bicyclic) bond motifs is 2. The monoisotopic (exact) mass is 414 g/mol. The van der Waals surface area contributed by atoms with E-state index >= 15 is 0 Å². The second-order valence-corrected chi connectivity index (χ2v) is 13.7. The van der Waals surface area contributed by atoms with Gasteiger partial charge in [-0.1, -0.05) is 48.0 Å². The largest absolute Gasteiger partial charge is 0.299 e. The summed E-state index contributed by atoms with van der Waals surface area (Å²) in [7, 11) is 0. The van der Waals surface area contributed by atoms with Gasteiger partial charge >= 0.3 is 0 Å². The van der Waals surface area contributed by atoms with Gasteiger partial charge < -0.3 is 0 Å². The Hall–Kier alpha value is -0.660. The Labute approximate surface area is 185 Å². The number of hydrogen-bond acceptors (Lipinski definition) is 2. The minimum absolute atomic E-state index is 0.143. The van der Waals surface area contributed by atoms with Crippen LogP contribution in [0.3, 0.4) is 0 Å². The first kappa shape index (κ1) is 22.5. The van der Waals surface area contributed by atoms with Crippen LogP contribution in [0.2, 0.25) is 0 Å². The lowest BCUT2D eigenvalue weighted by Crippen LogP contribution is -2.52. The van der Waals surface area contributed by atoms with E-state index in [9.17, 15) is 9.59 Å². The molecular weight excluding hydrogens is 368 g/mol. The van der Waals surface area contributed by atoms with Crippen molar-refractivity contribution in [2.75, 3.05) is 0 Å². The fraction of sp³-hybridized carbons (Fsp3) is 0.929. The minimum Gasteiger partial charge on any atom is -0.299 e. The molecule has 4 saturated carbocycles. The summed E-state index contributed by atoms with van der Waals surface area (Å²) < 4.78 is 0. The van der Waals surface area contributed by atoms with Crippen molar-refractivity contribution in [1.82, 2.24) is 0 Å². The van der Waals surface area contributed by atoms with Gasteiger partial charge in [0.2, 0.25) is 0 Å². The molecule has 0 saturated heterocycles. The van der Waals surface area contributed by atoms with E-state index in [1.807, 2.05) is 0 Å². The van der Waals surface area contributed by atoms with Crippen LogP contribution in [0.15, 0.2) is 0 Å². The third-order valence-corrected chi connectivity index (χ3v) is 10.8. The first-order chi connectivity index (χ1) is 13.9. The predicted octanol–water partition coefficient (Wildman–Crippen LogP) is 7.39. The van der Waals surface area contributed by atoms with Crippen LogP contribution in [0, 0.1) is 45.3 Å². The number of Topliss-reactive ketones (excluding diaryl/α,β-unsaturated/α-hetero) is 2. The Balaban J connectivity index is 1.54. The zero-order valence-corrected chi connectivity index (χ0v) is 20.6. The number of rotatable bonds is 3. The lowest BCUT2D eigenvalue weighted by molar-refractivity contribution is -0.146. The highest BCUT2D eigenvalue weighted by atomic mass is 16.1. The van der Waals surface area contributed by atoms with Gasteiger partial charge in [-0.15, -0.1) is 0 Å². The first-order valence-electron chi connectivity index (χ1n) is 12.9. The number of carbonyl (C=O) groups is 2. The third-order valence-electron chi connectivity index (χ3n) is 10.8. The molecule has 4 aliphatic carbocycles. The topological polar surface area (TPSA) is 34.1 Å². The SMILES string of the molecule is CC1(C)CCC2(C)CCC(=O)C(CCC3C(=O)CCC4C(C)(C)CCCC34C)C2C1. The lowest BCUT2D eigenvalue weighted by Gasteiger charge is -2.57. The average Bonchev–Trinajstić information content (AvgIpc) is 2.63. The van der Waals surface area contributed by atoms with Crippen molar-refractivity contribution in [3.05, 3.63) is 0 Å². The van der Waals surface area contributed by atoms with E-state index in [1.165, 1.54) is 38.5 Å². The summed E-state index contributed by atoms with van der Waals surface area (Å²) in [6.07, 6.45) is 13.1. The van der Waals surface area contributed by atoms with Gasteiger partial charge in [-0.25, -0.2) is 0 Å². The van der Waals surface area contributed by atoms with Crippen LogP contribution in [0.4, 0.5) is 0 Å². The normalized spacial score (nSPS) is 45.5. The highest BCUT2D eigenvalue weighted by molar-refractivity contribution is 5.84. The summed E-state index contributed by atoms with van der Waals surface area (Å²) in [4.78, 5) is 26.3. The van der Waals surface area contributed by atoms with Gasteiger partial charge in [0, 0.05) is 24.7 Å². The van der Waals surface area contributed by atoms with Gasteiger partial charge in [0.05, 0.1) is 0 Å². The molecule has 0 heterocycles. The Morgan fingerprint density at radius 1 is 0.800 bits per heavy atom. The predicted molar refractivity (Wildman–Crippen MR) is 123 cm³/mol. The van der Waals surface area contributed by atoms with Crippen LogP contribution >= 0.6 is 0 Å². The van der Waals surface area contributed by atoms with Crippen LogP contribution in [0.1, 0.15) is 119 Å². The van der Waals surface area contributed by atoms with Crippen LogP contribution < -0.4 is 0 Å². The zero-order valence-electron chi connectivity index (χ0n) is 20.6. The minimum atomic E-state index is 0.143. The van der Waals surface area contributed by atoms with Crippen LogP contribution in [0.5, 0.6) is 0 Å². The molecule has 0 aromatic carbocycles. The molecule has 0 aromatic heterocycles. The zero-order chi connectivity index (χ0) is 21.9. The molecule has 4 rings (SSSR count). The standard InChI is InChI=1S/C28H46O2/c1-25(2)16-17-27(5)15-12-22(29)19(21(27)18-25)8-9-20-23(30)10-11-24-26(3,4)13-7-14-28(20,24)6/h19-21,24H,7-18H2,1-6H3. The van der Waals surface area contributed by atoms with Crippen molar-refractivity contribution >= 4 is 11.6 Å². The smallest absolute Gasteiger partial charge is 0.136 e. The third kappa shape index (κ3) is 3.73. The molecule has 6 unspecified atom stereocenters. The summed E-state index contributed by atoms with van der Waals surface area (Å²) in [5.74, 6) is 2.55. The summed E-state index contributed by atoms with van der Waals surface area (Å²) in [5.41, 5.74) is 1.18. The van der Waals surface area contributed by atoms with Crippen molar-refractivity contribution < 1.29 is 9.59 Å². The number of carbonyl (C=O) groups excluding carboxylic acids is 2. The van der Waals surface area contributed by atoms with Crippen molar-refractivity contribution in [1.29, 1.82) is 0 Å². The van der Waals surface area contributed by atoms with E-state index in [4.69, 9.17) is 0 Å². The van der Waals surface area contributed by atoms with Crippen molar-refractivity contribution in [3.8, 4) is 0 Å². The van der Waals surface area contributed by atoms with Crippen molar-refractivity contribution in [3.63, 3.8) is 0 Å². The molecule has 0 N–H and O–H groups in total. The molecule has 170 valence electrons. The van der Waals surface area contributed by atoms with Gasteiger partial charge in [0.15, 0.2) is 0 Å². The van der Waals surface area contributed by atoms with Crippen LogP contribution in [0.25, 0.3) is 0 Å². The van der Waals surface area contributed by atoms with Crippen LogP contribution in [-0.2, 0) is 9.59 Å². The molecule has 0 aliphatic heterocycles. The quantitative estimate of drug-likeness (QED) is 0.482. The summed E-state index contributed by atoms with van der Waals surface area (Å²) in [6.45, 7) is 14.5. The van der Waals surface area contributed by atoms with Crippen molar-refractivity contribution in [2.45, 2.75) is 119 Å². The van der Waals surface area contributed by atoms with Gasteiger partial charge in [0.25, 0.3) is 0 Å². The molecular formula is C28H46O2. The lowest BCUT2D eigenvalue weighted by atomic mass is 9.47. The van der Waals surface area contributed by atoms with E-state index in [0.717, 1.165) is 38.5 Å². The molecule has 4 aliphatic rings. The molecule has 0 aromatic rings. The molecule has 6 atom stereocenters. The van der Waals surface area contributed by atoms with E-state index in [-0.39, 0.29) is 17.3 Å². The molecule has 0 radical (unpaired) electrons. The molecule has 2 heteroatoms. The van der Waals surface area contributed by atoms with Crippen LogP contribution in [-0.4, -0.2) is 11.6 Å². The number of ketones is 2. The maximum absolute atomic E-state index is 13.2. The summed E-state index contributed by atoms with van der Waals surface area (Å²) in [6, 6.07) is 0. The molecule has 30 heavy (non-hydrogen) atoms. The van der Waals surface area contributed by atoms with E-state index in [1.54, 1.807) is 0 Å². The molecule has 4 fully saturated rings. The van der Waals surface area contributed by atoms with Crippen molar-refractivity contribution in [2.24, 2.45) is 45.3 Å².